The first-order valence-electron chi connectivity index (χ1n) is 7.43. The van der Waals surface area contributed by atoms with Crippen molar-refractivity contribution in [3.63, 3.8) is 0 Å². The minimum atomic E-state index is -3.12. The molecule has 1 fully saturated rings. The lowest BCUT2D eigenvalue weighted by Gasteiger charge is -2.31. The summed E-state index contributed by atoms with van der Waals surface area (Å²) in [6, 6.07) is 5.29. The van der Waals surface area contributed by atoms with Gasteiger partial charge < -0.3 is 10.6 Å². The van der Waals surface area contributed by atoms with Crippen molar-refractivity contribution in [1.82, 2.24) is 19.9 Å². The van der Waals surface area contributed by atoms with Crippen molar-refractivity contribution < 1.29 is 13.2 Å². The van der Waals surface area contributed by atoms with Gasteiger partial charge in [-0.1, -0.05) is 6.07 Å². The van der Waals surface area contributed by atoms with E-state index in [1.54, 1.807) is 13.1 Å². The lowest BCUT2D eigenvalue weighted by molar-refractivity contribution is 0.227. The van der Waals surface area contributed by atoms with Crippen molar-refractivity contribution in [2.75, 3.05) is 18.8 Å². The fraction of sp³-hybridized carbons (Fsp3) is 0.571. The van der Waals surface area contributed by atoms with Crippen LogP contribution in [0.2, 0.25) is 0 Å². The molecule has 0 aromatic carbocycles. The standard InChI is InChI=1S/C14H22N4O3S/c1-2-22(20,21)18-9-6-12(7-10-18)17-14(19)16-11-13-5-3-4-8-15-13/h3-5,8,12H,2,6-7,9-11H2,1H3,(H2,16,17,19). The Balaban J connectivity index is 1.73. The summed E-state index contributed by atoms with van der Waals surface area (Å²) in [7, 11) is -3.12. The molecule has 0 spiro atoms. The van der Waals surface area contributed by atoms with E-state index < -0.39 is 10.0 Å². The largest absolute Gasteiger partial charge is 0.335 e. The second kappa shape index (κ2) is 7.55. The van der Waals surface area contributed by atoms with Crippen LogP contribution in [0.1, 0.15) is 25.5 Å². The number of hydrogen-bond donors (Lipinski definition) is 2. The molecular weight excluding hydrogens is 304 g/mol. The molecule has 8 heteroatoms. The highest BCUT2D eigenvalue weighted by Crippen LogP contribution is 2.14. The summed E-state index contributed by atoms with van der Waals surface area (Å²) in [4.78, 5) is 16.0. The molecule has 7 nitrogen and oxygen atoms in total. The number of sulfonamides is 1. The van der Waals surface area contributed by atoms with E-state index in [4.69, 9.17) is 0 Å². The molecule has 2 heterocycles. The van der Waals surface area contributed by atoms with E-state index in [9.17, 15) is 13.2 Å². The third kappa shape index (κ3) is 4.67. The van der Waals surface area contributed by atoms with E-state index in [0.29, 0.717) is 32.5 Å². The Morgan fingerprint density at radius 3 is 2.68 bits per heavy atom. The van der Waals surface area contributed by atoms with Gasteiger partial charge in [0.15, 0.2) is 0 Å². The van der Waals surface area contributed by atoms with E-state index in [-0.39, 0.29) is 17.8 Å². The number of piperidine rings is 1. The van der Waals surface area contributed by atoms with Crippen LogP contribution in [0, 0.1) is 0 Å². The second-order valence-electron chi connectivity index (χ2n) is 5.22. The number of amides is 2. The molecule has 1 saturated heterocycles. The van der Waals surface area contributed by atoms with Crippen LogP contribution in [0.3, 0.4) is 0 Å². The fourth-order valence-electron chi connectivity index (χ4n) is 2.37. The summed E-state index contributed by atoms with van der Waals surface area (Å²) in [5, 5.41) is 5.63. The topological polar surface area (TPSA) is 91.4 Å². The first-order chi connectivity index (χ1) is 10.5. The van der Waals surface area contributed by atoms with Crippen LogP contribution in [0.25, 0.3) is 0 Å². The van der Waals surface area contributed by atoms with Gasteiger partial charge in [0.25, 0.3) is 0 Å². The molecule has 122 valence electrons. The number of aromatic nitrogens is 1. The Morgan fingerprint density at radius 1 is 1.36 bits per heavy atom. The van der Waals surface area contributed by atoms with Crippen LogP contribution in [-0.2, 0) is 16.6 Å². The maximum Gasteiger partial charge on any atom is 0.315 e. The Labute approximate surface area is 131 Å². The second-order valence-corrected chi connectivity index (χ2v) is 7.48. The van der Waals surface area contributed by atoms with Crippen molar-refractivity contribution in [2.24, 2.45) is 0 Å². The third-order valence-corrected chi connectivity index (χ3v) is 5.59. The molecule has 0 unspecified atom stereocenters. The molecule has 0 saturated carbocycles. The number of rotatable bonds is 5. The maximum atomic E-state index is 11.8. The van der Waals surface area contributed by atoms with Crippen LogP contribution in [0.15, 0.2) is 24.4 Å². The minimum absolute atomic E-state index is 0.00652. The number of carbonyl (C=O) groups is 1. The molecule has 1 aromatic rings. The van der Waals surface area contributed by atoms with Crippen molar-refractivity contribution in [2.45, 2.75) is 32.4 Å². The SMILES string of the molecule is CCS(=O)(=O)N1CCC(NC(=O)NCc2ccccn2)CC1. The summed E-state index contributed by atoms with van der Waals surface area (Å²) in [6.45, 7) is 2.93. The zero-order valence-electron chi connectivity index (χ0n) is 12.7. The quantitative estimate of drug-likeness (QED) is 0.833. The summed E-state index contributed by atoms with van der Waals surface area (Å²) in [6.07, 6.45) is 2.95. The van der Waals surface area contributed by atoms with E-state index in [1.165, 1.54) is 4.31 Å². The monoisotopic (exact) mass is 326 g/mol. The predicted molar refractivity (Wildman–Crippen MR) is 83.7 cm³/mol. The predicted octanol–water partition coefficient (Wildman–Crippen LogP) is 0.695. The number of pyridine rings is 1. The smallest absolute Gasteiger partial charge is 0.315 e. The molecule has 1 aromatic heterocycles. The van der Waals surface area contributed by atoms with E-state index in [0.717, 1.165) is 5.69 Å². The zero-order chi connectivity index (χ0) is 16.0. The summed E-state index contributed by atoms with van der Waals surface area (Å²) in [5.41, 5.74) is 0.793. The molecule has 0 atom stereocenters. The first kappa shape index (κ1) is 16.7. The molecule has 0 bridgehead atoms. The lowest BCUT2D eigenvalue weighted by atomic mass is 10.1. The van der Waals surface area contributed by atoms with Gasteiger partial charge in [0, 0.05) is 25.3 Å². The fourth-order valence-corrected chi connectivity index (χ4v) is 3.50. The average Bonchev–Trinajstić information content (AvgIpc) is 2.54. The van der Waals surface area contributed by atoms with E-state index in [1.807, 2.05) is 18.2 Å². The van der Waals surface area contributed by atoms with E-state index in [2.05, 4.69) is 15.6 Å². The molecular formula is C14H22N4O3S. The molecule has 2 amide bonds. The number of carbonyl (C=O) groups excluding carboxylic acids is 1. The molecule has 2 N–H and O–H groups in total. The Bertz CT molecular complexity index is 583. The van der Waals surface area contributed by atoms with Crippen LogP contribution >= 0.6 is 0 Å². The summed E-state index contributed by atoms with van der Waals surface area (Å²) in [5.74, 6) is 0.121. The Morgan fingerprint density at radius 2 is 2.09 bits per heavy atom. The van der Waals surface area contributed by atoms with Gasteiger partial charge in [-0.2, -0.15) is 0 Å². The molecule has 1 aliphatic rings. The van der Waals surface area contributed by atoms with Gasteiger partial charge >= 0.3 is 6.03 Å². The number of nitrogens with one attached hydrogen (secondary N) is 2. The van der Waals surface area contributed by atoms with Crippen molar-refractivity contribution >= 4 is 16.1 Å². The average molecular weight is 326 g/mol. The van der Waals surface area contributed by atoms with Crippen molar-refractivity contribution in [3.05, 3.63) is 30.1 Å². The van der Waals surface area contributed by atoms with Gasteiger partial charge in [-0.25, -0.2) is 17.5 Å². The highest BCUT2D eigenvalue weighted by molar-refractivity contribution is 7.89. The number of urea groups is 1. The van der Waals surface area contributed by atoms with Gasteiger partial charge in [-0.05, 0) is 31.9 Å². The third-order valence-electron chi connectivity index (χ3n) is 3.70. The molecule has 0 aliphatic carbocycles. The van der Waals surface area contributed by atoms with Crippen LogP contribution in [0.4, 0.5) is 4.79 Å². The normalized spacial score (nSPS) is 17.1. The number of nitrogens with zero attached hydrogens (tertiary/aromatic N) is 2. The number of hydrogen-bond acceptors (Lipinski definition) is 4. The van der Waals surface area contributed by atoms with Gasteiger partial charge in [0.1, 0.15) is 0 Å². The summed E-state index contributed by atoms with van der Waals surface area (Å²) >= 11 is 0. The van der Waals surface area contributed by atoms with Gasteiger partial charge in [-0.15, -0.1) is 0 Å². The van der Waals surface area contributed by atoms with Crippen LogP contribution in [0.5, 0.6) is 0 Å². The van der Waals surface area contributed by atoms with Crippen LogP contribution < -0.4 is 10.6 Å². The zero-order valence-corrected chi connectivity index (χ0v) is 13.5. The highest BCUT2D eigenvalue weighted by atomic mass is 32.2. The Hall–Kier alpha value is -1.67. The first-order valence-corrected chi connectivity index (χ1v) is 9.04. The van der Waals surface area contributed by atoms with Gasteiger partial charge in [0.2, 0.25) is 10.0 Å². The molecule has 22 heavy (non-hydrogen) atoms. The van der Waals surface area contributed by atoms with Crippen molar-refractivity contribution in [3.8, 4) is 0 Å². The molecule has 2 rings (SSSR count). The lowest BCUT2D eigenvalue weighted by Crippen LogP contribution is -2.49. The van der Waals surface area contributed by atoms with Crippen molar-refractivity contribution in [1.29, 1.82) is 0 Å². The highest BCUT2D eigenvalue weighted by Gasteiger charge is 2.27. The minimum Gasteiger partial charge on any atom is -0.335 e. The van der Waals surface area contributed by atoms with E-state index >= 15 is 0 Å². The molecule has 1 aliphatic heterocycles. The van der Waals surface area contributed by atoms with Crippen LogP contribution in [-0.4, -0.2) is 48.6 Å². The molecule has 0 radical (unpaired) electrons. The Kier molecular flexibility index (Phi) is 5.73. The van der Waals surface area contributed by atoms with Gasteiger partial charge in [0.05, 0.1) is 18.0 Å². The summed E-state index contributed by atoms with van der Waals surface area (Å²) < 4.78 is 25.0. The maximum absolute atomic E-state index is 11.8. The van der Waals surface area contributed by atoms with Gasteiger partial charge in [-0.3, -0.25) is 4.98 Å².